The molecule has 0 saturated carbocycles. The minimum atomic E-state index is -0.955. The molecule has 0 bridgehead atoms. The van der Waals surface area contributed by atoms with Crippen molar-refractivity contribution in [1.29, 1.82) is 0 Å². The van der Waals surface area contributed by atoms with E-state index in [2.05, 4.69) is 15.9 Å². The Hall–Kier alpha value is -1.14. The van der Waals surface area contributed by atoms with E-state index in [-0.39, 0.29) is 18.0 Å². The van der Waals surface area contributed by atoms with E-state index in [0.717, 1.165) is 0 Å². The zero-order valence-electron chi connectivity index (χ0n) is 10.4. The average molecular weight is 318 g/mol. The van der Waals surface area contributed by atoms with Gasteiger partial charge >= 0.3 is 5.69 Å². The molecule has 1 aromatic carbocycles. The smallest absolute Gasteiger partial charge is 0.312 e. The molecule has 1 N–H and O–H groups in total. The van der Waals surface area contributed by atoms with E-state index in [0.29, 0.717) is 17.3 Å². The van der Waals surface area contributed by atoms with E-state index in [1.807, 2.05) is 13.8 Å². The molecule has 1 aromatic rings. The zero-order chi connectivity index (χ0) is 13.8. The standard InChI is InChI=1S/C12H16BrNO4/c1-3-12(15,4-2)8-18-11-9(13)6-5-7-10(11)14(16)17/h5-7,15H,3-4,8H2,1-2H3. The van der Waals surface area contributed by atoms with Gasteiger partial charge in [0.2, 0.25) is 5.75 Å². The first-order valence-corrected chi connectivity index (χ1v) is 6.51. The van der Waals surface area contributed by atoms with Crippen molar-refractivity contribution in [1.82, 2.24) is 0 Å². The summed E-state index contributed by atoms with van der Waals surface area (Å²) in [6, 6.07) is 4.61. The Bertz CT molecular complexity index is 432. The van der Waals surface area contributed by atoms with Gasteiger partial charge in [0.25, 0.3) is 0 Å². The molecule has 100 valence electrons. The number of nitrogens with zero attached hydrogens (tertiary/aromatic N) is 1. The Balaban J connectivity index is 2.94. The van der Waals surface area contributed by atoms with Gasteiger partial charge in [0.1, 0.15) is 6.61 Å². The molecule has 0 aromatic heterocycles. The number of halogens is 1. The Morgan fingerprint density at radius 1 is 1.44 bits per heavy atom. The number of hydrogen-bond acceptors (Lipinski definition) is 4. The van der Waals surface area contributed by atoms with Crippen LogP contribution in [0.4, 0.5) is 5.69 Å². The second-order valence-electron chi connectivity index (χ2n) is 4.07. The lowest BCUT2D eigenvalue weighted by atomic mass is 9.99. The van der Waals surface area contributed by atoms with Crippen LogP contribution in [-0.2, 0) is 0 Å². The lowest BCUT2D eigenvalue weighted by Crippen LogP contribution is -2.34. The van der Waals surface area contributed by atoms with Crippen molar-refractivity contribution in [3.05, 3.63) is 32.8 Å². The number of para-hydroxylation sites is 1. The number of aliphatic hydroxyl groups is 1. The fourth-order valence-corrected chi connectivity index (χ4v) is 1.91. The molecule has 0 spiro atoms. The van der Waals surface area contributed by atoms with Gasteiger partial charge < -0.3 is 9.84 Å². The molecule has 0 amide bonds. The number of hydrogen-bond donors (Lipinski definition) is 1. The second-order valence-corrected chi connectivity index (χ2v) is 4.92. The van der Waals surface area contributed by atoms with E-state index >= 15 is 0 Å². The Labute approximate surface area is 114 Å². The zero-order valence-corrected chi connectivity index (χ0v) is 11.9. The molecule has 0 fully saturated rings. The van der Waals surface area contributed by atoms with E-state index in [4.69, 9.17) is 4.74 Å². The molecule has 0 radical (unpaired) electrons. The van der Waals surface area contributed by atoms with Gasteiger partial charge in [-0.25, -0.2) is 0 Å². The summed E-state index contributed by atoms with van der Waals surface area (Å²) in [5, 5.41) is 21.0. The first kappa shape index (κ1) is 14.9. The maximum absolute atomic E-state index is 10.9. The first-order valence-electron chi connectivity index (χ1n) is 5.71. The molecule has 1 rings (SSSR count). The van der Waals surface area contributed by atoms with Crippen molar-refractivity contribution in [2.45, 2.75) is 32.3 Å². The van der Waals surface area contributed by atoms with Gasteiger partial charge in [0.15, 0.2) is 0 Å². The maximum atomic E-state index is 10.9. The molecule has 0 unspecified atom stereocenters. The SMILES string of the molecule is CCC(O)(CC)COc1c(Br)cccc1[N+](=O)[O-]. The minimum absolute atomic E-state index is 0.0312. The van der Waals surface area contributed by atoms with E-state index in [1.165, 1.54) is 6.07 Å². The molecule has 0 aliphatic carbocycles. The van der Waals surface area contributed by atoms with Gasteiger partial charge in [-0.15, -0.1) is 0 Å². The van der Waals surface area contributed by atoms with Crippen LogP contribution in [0, 0.1) is 10.1 Å². The summed E-state index contributed by atoms with van der Waals surface area (Å²) < 4.78 is 5.94. The number of ether oxygens (including phenoxy) is 1. The number of rotatable bonds is 6. The van der Waals surface area contributed by atoms with Gasteiger partial charge in [0, 0.05) is 6.07 Å². The molecule has 0 atom stereocenters. The van der Waals surface area contributed by atoms with Crippen LogP contribution in [0.25, 0.3) is 0 Å². The van der Waals surface area contributed by atoms with Crippen LogP contribution >= 0.6 is 15.9 Å². The van der Waals surface area contributed by atoms with Gasteiger partial charge in [-0.3, -0.25) is 10.1 Å². The van der Waals surface area contributed by atoms with Crippen molar-refractivity contribution in [2.24, 2.45) is 0 Å². The van der Waals surface area contributed by atoms with Crippen LogP contribution in [0.5, 0.6) is 5.75 Å². The normalized spacial score (nSPS) is 11.3. The van der Waals surface area contributed by atoms with Gasteiger partial charge in [-0.1, -0.05) is 19.9 Å². The van der Waals surface area contributed by atoms with Gasteiger partial charge in [0.05, 0.1) is 15.0 Å². The monoisotopic (exact) mass is 317 g/mol. The fraction of sp³-hybridized carbons (Fsp3) is 0.500. The minimum Gasteiger partial charge on any atom is -0.483 e. The molecule has 0 heterocycles. The van der Waals surface area contributed by atoms with Crippen LogP contribution < -0.4 is 4.74 Å². The van der Waals surface area contributed by atoms with Crippen molar-refractivity contribution in [3.63, 3.8) is 0 Å². The summed E-state index contributed by atoms with van der Waals surface area (Å²) in [6.07, 6.45) is 1.06. The quantitative estimate of drug-likeness (QED) is 0.645. The summed E-state index contributed by atoms with van der Waals surface area (Å²) in [4.78, 5) is 10.4. The Kier molecular flexibility index (Phi) is 5.10. The predicted molar refractivity (Wildman–Crippen MR) is 71.8 cm³/mol. The van der Waals surface area contributed by atoms with E-state index in [9.17, 15) is 15.2 Å². The molecule has 0 saturated heterocycles. The van der Waals surface area contributed by atoms with Crippen LogP contribution in [0.2, 0.25) is 0 Å². The third kappa shape index (κ3) is 3.43. The highest BCUT2D eigenvalue weighted by atomic mass is 79.9. The summed E-state index contributed by atoms with van der Waals surface area (Å²) in [5.41, 5.74) is -1.07. The van der Waals surface area contributed by atoms with Crippen molar-refractivity contribution in [2.75, 3.05) is 6.61 Å². The number of nitro benzene ring substituents is 1. The Morgan fingerprint density at radius 3 is 2.56 bits per heavy atom. The average Bonchev–Trinajstić information content (AvgIpc) is 2.36. The molecular formula is C12H16BrNO4. The highest BCUT2D eigenvalue weighted by molar-refractivity contribution is 9.10. The molecular weight excluding hydrogens is 302 g/mol. The number of benzene rings is 1. The highest BCUT2D eigenvalue weighted by Gasteiger charge is 2.26. The van der Waals surface area contributed by atoms with Crippen molar-refractivity contribution >= 4 is 21.6 Å². The number of nitro groups is 1. The third-order valence-corrected chi connectivity index (χ3v) is 3.57. The molecule has 18 heavy (non-hydrogen) atoms. The summed E-state index contributed by atoms with van der Waals surface area (Å²) in [6.45, 7) is 3.73. The lowest BCUT2D eigenvalue weighted by molar-refractivity contribution is -0.386. The molecule has 0 aliphatic rings. The van der Waals surface area contributed by atoms with Gasteiger partial charge in [-0.05, 0) is 34.8 Å². The van der Waals surface area contributed by atoms with Crippen LogP contribution in [0.15, 0.2) is 22.7 Å². The largest absolute Gasteiger partial charge is 0.483 e. The highest BCUT2D eigenvalue weighted by Crippen LogP contribution is 2.35. The van der Waals surface area contributed by atoms with Crippen molar-refractivity contribution < 1.29 is 14.8 Å². The second kappa shape index (κ2) is 6.15. The molecule has 0 aliphatic heterocycles. The summed E-state index contributed by atoms with van der Waals surface area (Å²) >= 11 is 3.22. The third-order valence-electron chi connectivity index (χ3n) is 2.94. The van der Waals surface area contributed by atoms with Crippen LogP contribution in [-0.4, -0.2) is 22.2 Å². The van der Waals surface area contributed by atoms with Crippen LogP contribution in [0.1, 0.15) is 26.7 Å². The Morgan fingerprint density at radius 2 is 2.06 bits per heavy atom. The first-order chi connectivity index (χ1) is 8.43. The van der Waals surface area contributed by atoms with Crippen molar-refractivity contribution in [3.8, 4) is 5.75 Å². The predicted octanol–water partition coefficient (Wildman–Crippen LogP) is 3.29. The van der Waals surface area contributed by atoms with E-state index < -0.39 is 10.5 Å². The fourth-order valence-electron chi connectivity index (χ4n) is 1.44. The topological polar surface area (TPSA) is 72.6 Å². The lowest BCUT2D eigenvalue weighted by Gasteiger charge is -2.25. The van der Waals surface area contributed by atoms with Gasteiger partial charge in [-0.2, -0.15) is 0 Å². The maximum Gasteiger partial charge on any atom is 0.312 e. The molecule has 5 nitrogen and oxygen atoms in total. The summed E-state index contributed by atoms with van der Waals surface area (Å²) in [5.74, 6) is 0.155. The molecule has 6 heteroatoms. The van der Waals surface area contributed by atoms with E-state index in [1.54, 1.807) is 12.1 Å². The van der Waals surface area contributed by atoms with Crippen LogP contribution in [0.3, 0.4) is 0 Å². The summed E-state index contributed by atoms with van der Waals surface area (Å²) in [7, 11) is 0.